The number of rotatable bonds is 4. The van der Waals surface area contributed by atoms with Gasteiger partial charge in [0.05, 0.1) is 18.2 Å². The topological polar surface area (TPSA) is 53.4 Å². The molecule has 0 radical (unpaired) electrons. The van der Waals surface area contributed by atoms with E-state index in [0.29, 0.717) is 12.1 Å². The number of carbonyl (C=O) groups is 1. The molecule has 1 aromatic heterocycles. The Morgan fingerprint density at radius 3 is 2.87 bits per heavy atom. The van der Waals surface area contributed by atoms with Crippen LogP contribution in [0.5, 0.6) is 0 Å². The van der Waals surface area contributed by atoms with E-state index in [1.807, 2.05) is 13.8 Å². The third-order valence-corrected chi connectivity index (χ3v) is 2.31. The monoisotopic (exact) mass is 208 g/mol. The molecule has 0 aliphatic rings. The summed E-state index contributed by atoms with van der Waals surface area (Å²) in [6, 6.07) is 3.29. The average Bonchev–Trinajstić information content (AvgIpc) is 2.30. The minimum absolute atomic E-state index is 0.0279. The zero-order chi connectivity index (χ0) is 11.3. The highest BCUT2D eigenvalue weighted by molar-refractivity contribution is 5.94. The molecule has 0 bridgehead atoms. The highest BCUT2D eigenvalue weighted by Gasteiger charge is 2.18. The summed E-state index contributed by atoms with van der Waals surface area (Å²) in [5.41, 5.74) is 0.555. The molecule has 4 heteroatoms. The van der Waals surface area contributed by atoms with E-state index in [9.17, 15) is 4.79 Å². The summed E-state index contributed by atoms with van der Waals surface area (Å²) in [7, 11) is 0. The van der Waals surface area contributed by atoms with Gasteiger partial charge >= 0.3 is 0 Å². The second kappa shape index (κ2) is 5.46. The van der Waals surface area contributed by atoms with Crippen molar-refractivity contribution >= 4 is 5.91 Å². The number of aliphatic hydroxyl groups is 1. The normalized spacial score (nSPS) is 12.2. The Hall–Kier alpha value is -1.42. The van der Waals surface area contributed by atoms with E-state index >= 15 is 0 Å². The third-order valence-electron chi connectivity index (χ3n) is 2.31. The molecule has 1 heterocycles. The molecule has 1 atom stereocenters. The van der Waals surface area contributed by atoms with E-state index in [4.69, 9.17) is 5.11 Å². The van der Waals surface area contributed by atoms with Gasteiger partial charge in [-0.1, -0.05) is 0 Å². The van der Waals surface area contributed by atoms with Crippen molar-refractivity contribution in [3.63, 3.8) is 0 Å². The Morgan fingerprint density at radius 1 is 1.67 bits per heavy atom. The fourth-order valence-corrected chi connectivity index (χ4v) is 1.41. The number of hydrogen-bond donors (Lipinski definition) is 1. The van der Waals surface area contributed by atoms with Crippen molar-refractivity contribution < 1.29 is 9.90 Å². The molecule has 0 saturated heterocycles. The van der Waals surface area contributed by atoms with Crippen LogP contribution in [-0.4, -0.2) is 40.1 Å². The lowest BCUT2D eigenvalue weighted by molar-refractivity contribution is 0.0632. The van der Waals surface area contributed by atoms with Crippen LogP contribution >= 0.6 is 0 Å². The molecule has 0 saturated carbocycles. The number of nitrogens with zero attached hydrogens (tertiary/aromatic N) is 2. The highest BCUT2D eigenvalue weighted by atomic mass is 16.3. The van der Waals surface area contributed by atoms with Crippen molar-refractivity contribution in [2.75, 3.05) is 13.2 Å². The van der Waals surface area contributed by atoms with Crippen molar-refractivity contribution in [1.82, 2.24) is 9.88 Å². The van der Waals surface area contributed by atoms with Crippen LogP contribution in [0.25, 0.3) is 0 Å². The SMILES string of the molecule is CCN(C(=O)c1cccnc1)C(C)CO. The summed E-state index contributed by atoms with van der Waals surface area (Å²) in [6.07, 6.45) is 3.16. The molecule has 0 fully saturated rings. The van der Waals surface area contributed by atoms with Gasteiger partial charge in [0.1, 0.15) is 0 Å². The Bertz CT molecular complexity index is 314. The summed E-state index contributed by atoms with van der Waals surface area (Å²) in [6.45, 7) is 4.26. The lowest BCUT2D eigenvalue weighted by Crippen LogP contribution is -2.40. The molecule has 1 rings (SSSR count). The third kappa shape index (κ3) is 2.76. The standard InChI is InChI=1S/C11H16N2O2/c1-3-13(9(2)8-14)11(15)10-5-4-6-12-7-10/h4-7,9,14H,3,8H2,1-2H3. The maximum Gasteiger partial charge on any atom is 0.255 e. The molecule has 82 valence electrons. The fraction of sp³-hybridized carbons (Fsp3) is 0.455. The van der Waals surface area contributed by atoms with Crippen LogP contribution in [0, 0.1) is 0 Å². The van der Waals surface area contributed by atoms with Crippen LogP contribution < -0.4 is 0 Å². The second-order valence-corrected chi connectivity index (χ2v) is 3.36. The van der Waals surface area contributed by atoms with Crippen molar-refractivity contribution in [2.45, 2.75) is 19.9 Å². The lowest BCUT2D eigenvalue weighted by Gasteiger charge is -2.26. The lowest BCUT2D eigenvalue weighted by atomic mass is 10.2. The minimum Gasteiger partial charge on any atom is -0.394 e. The van der Waals surface area contributed by atoms with Crippen LogP contribution in [0.3, 0.4) is 0 Å². The van der Waals surface area contributed by atoms with Gasteiger partial charge in [-0.2, -0.15) is 0 Å². The van der Waals surface area contributed by atoms with Crippen molar-refractivity contribution in [2.24, 2.45) is 0 Å². The van der Waals surface area contributed by atoms with Gasteiger partial charge in [-0.05, 0) is 26.0 Å². The molecular weight excluding hydrogens is 192 g/mol. The van der Waals surface area contributed by atoms with Gasteiger partial charge in [-0.25, -0.2) is 0 Å². The predicted molar refractivity (Wildman–Crippen MR) is 57.5 cm³/mol. The summed E-state index contributed by atoms with van der Waals surface area (Å²) in [5.74, 6) is -0.0906. The quantitative estimate of drug-likeness (QED) is 0.800. The number of aromatic nitrogens is 1. The number of amides is 1. The maximum absolute atomic E-state index is 12.0. The van der Waals surface area contributed by atoms with Gasteiger partial charge < -0.3 is 10.0 Å². The number of likely N-dealkylation sites (N-methyl/N-ethyl adjacent to an activating group) is 1. The molecule has 0 aliphatic carbocycles. The average molecular weight is 208 g/mol. The molecule has 1 amide bonds. The Kier molecular flexibility index (Phi) is 4.24. The van der Waals surface area contributed by atoms with E-state index in [2.05, 4.69) is 4.98 Å². The maximum atomic E-state index is 12.0. The highest BCUT2D eigenvalue weighted by Crippen LogP contribution is 2.06. The molecule has 0 spiro atoms. The molecular formula is C11H16N2O2. The smallest absolute Gasteiger partial charge is 0.255 e. The largest absolute Gasteiger partial charge is 0.394 e. The van der Waals surface area contributed by atoms with E-state index in [1.165, 1.54) is 6.20 Å². The van der Waals surface area contributed by atoms with Crippen LogP contribution in [0.4, 0.5) is 0 Å². The molecule has 1 N–H and O–H groups in total. The van der Waals surface area contributed by atoms with Gasteiger partial charge in [0, 0.05) is 18.9 Å². The number of pyridine rings is 1. The summed E-state index contributed by atoms with van der Waals surface area (Å²) in [4.78, 5) is 17.5. The minimum atomic E-state index is -0.164. The van der Waals surface area contributed by atoms with E-state index in [0.717, 1.165) is 0 Å². The summed E-state index contributed by atoms with van der Waals surface area (Å²) < 4.78 is 0. The zero-order valence-electron chi connectivity index (χ0n) is 9.05. The molecule has 4 nitrogen and oxygen atoms in total. The first-order chi connectivity index (χ1) is 7.20. The van der Waals surface area contributed by atoms with Gasteiger partial charge in [-0.15, -0.1) is 0 Å². The van der Waals surface area contributed by atoms with Crippen LogP contribution in [0.1, 0.15) is 24.2 Å². The predicted octanol–water partition coefficient (Wildman–Crippen LogP) is 0.924. The van der Waals surface area contributed by atoms with E-state index < -0.39 is 0 Å². The number of carbonyl (C=O) groups excluding carboxylic acids is 1. The molecule has 1 unspecified atom stereocenters. The Labute approximate surface area is 89.6 Å². The first-order valence-electron chi connectivity index (χ1n) is 5.02. The Morgan fingerprint density at radius 2 is 2.40 bits per heavy atom. The van der Waals surface area contributed by atoms with Crippen molar-refractivity contribution in [1.29, 1.82) is 0 Å². The molecule has 15 heavy (non-hydrogen) atoms. The van der Waals surface area contributed by atoms with Crippen LogP contribution in [0.2, 0.25) is 0 Å². The van der Waals surface area contributed by atoms with Crippen molar-refractivity contribution in [3.05, 3.63) is 30.1 Å². The number of hydrogen-bond acceptors (Lipinski definition) is 3. The first kappa shape index (κ1) is 11.7. The van der Waals surface area contributed by atoms with Crippen LogP contribution in [0.15, 0.2) is 24.5 Å². The number of aliphatic hydroxyl groups excluding tert-OH is 1. The Balaban J connectivity index is 2.83. The van der Waals surface area contributed by atoms with Crippen LogP contribution in [-0.2, 0) is 0 Å². The summed E-state index contributed by atoms with van der Waals surface area (Å²) >= 11 is 0. The van der Waals surface area contributed by atoms with Gasteiger partial charge in [0.15, 0.2) is 0 Å². The van der Waals surface area contributed by atoms with E-state index in [-0.39, 0.29) is 18.6 Å². The molecule has 0 aliphatic heterocycles. The van der Waals surface area contributed by atoms with Gasteiger partial charge in [0.25, 0.3) is 5.91 Å². The molecule has 1 aromatic rings. The molecule has 0 aromatic carbocycles. The van der Waals surface area contributed by atoms with Gasteiger partial charge in [0.2, 0.25) is 0 Å². The fourth-order valence-electron chi connectivity index (χ4n) is 1.41. The summed E-state index contributed by atoms with van der Waals surface area (Å²) in [5, 5.41) is 9.02. The second-order valence-electron chi connectivity index (χ2n) is 3.36. The van der Waals surface area contributed by atoms with Crippen molar-refractivity contribution in [3.8, 4) is 0 Å². The van der Waals surface area contributed by atoms with E-state index in [1.54, 1.807) is 23.2 Å². The zero-order valence-corrected chi connectivity index (χ0v) is 9.05. The van der Waals surface area contributed by atoms with Gasteiger partial charge in [-0.3, -0.25) is 9.78 Å². The first-order valence-corrected chi connectivity index (χ1v) is 5.02.